The summed E-state index contributed by atoms with van der Waals surface area (Å²) in [5.74, 6) is -1.44. The van der Waals surface area contributed by atoms with Crippen LogP contribution in [0.3, 0.4) is 0 Å². The van der Waals surface area contributed by atoms with Gasteiger partial charge in [0, 0.05) is 47.0 Å². The Morgan fingerprint density at radius 2 is 1.38 bits per heavy atom. The maximum absolute atomic E-state index is 13.9. The lowest BCUT2D eigenvalue weighted by atomic mass is 9.63. The molecule has 5 nitrogen and oxygen atoms in total. The minimum Gasteiger partial charge on any atom is -0.465 e. The third-order valence-corrected chi connectivity index (χ3v) is 8.01. The van der Waals surface area contributed by atoms with Crippen molar-refractivity contribution < 1.29 is 32.3 Å². The molecular formula is C32H32F3NO4. The Hall–Kier alpha value is -3.68. The number of halogens is 3. The summed E-state index contributed by atoms with van der Waals surface area (Å²) in [6.45, 7) is 7.88. The van der Waals surface area contributed by atoms with E-state index in [1.165, 1.54) is 13.2 Å². The summed E-state index contributed by atoms with van der Waals surface area (Å²) in [7, 11) is 1.29. The zero-order valence-corrected chi connectivity index (χ0v) is 23.2. The fraction of sp³-hybridized carbons (Fsp3) is 0.406. The predicted octanol–water partition coefficient (Wildman–Crippen LogP) is 7.38. The molecule has 3 aliphatic rings. The highest BCUT2D eigenvalue weighted by molar-refractivity contribution is 6.08. The minimum atomic E-state index is -4.55. The van der Waals surface area contributed by atoms with Gasteiger partial charge in [-0.15, -0.1) is 0 Å². The predicted molar refractivity (Wildman–Crippen MR) is 145 cm³/mol. The summed E-state index contributed by atoms with van der Waals surface area (Å²) in [4.78, 5) is 41.6. The number of esters is 1. The molecule has 0 amide bonds. The van der Waals surface area contributed by atoms with Gasteiger partial charge in [-0.3, -0.25) is 9.59 Å². The second-order valence-corrected chi connectivity index (χ2v) is 12.5. The molecule has 2 aromatic rings. The third kappa shape index (κ3) is 4.88. The number of anilines is 1. The van der Waals surface area contributed by atoms with Gasteiger partial charge in [-0.2, -0.15) is 13.2 Å². The molecule has 5 rings (SSSR count). The van der Waals surface area contributed by atoms with Crippen LogP contribution < -0.4 is 4.90 Å². The standard InChI is InChI=1S/C32H32F3NO4/c1-30(2)14-22-27(24(37)16-30)26(18-9-11-19(12-10-18)29(39)40-5)28-23(15-31(3,4)17-25(28)38)36(22)21-8-6-7-20(13-21)32(33,34)35/h6-13,26H,14-17H2,1-5H3. The van der Waals surface area contributed by atoms with Crippen molar-refractivity contribution in [3.63, 3.8) is 0 Å². The van der Waals surface area contributed by atoms with E-state index in [1.807, 2.05) is 27.7 Å². The summed E-state index contributed by atoms with van der Waals surface area (Å²) < 4.78 is 46.2. The Bertz CT molecular complexity index is 1420. The van der Waals surface area contributed by atoms with Crippen molar-refractivity contribution in [2.75, 3.05) is 12.0 Å². The Kier molecular flexibility index (Phi) is 6.59. The zero-order valence-electron chi connectivity index (χ0n) is 23.2. The lowest BCUT2D eigenvalue weighted by molar-refractivity contribution is -0.137. The van der Waals surface area contributed by atoms with Gasteiger partial charge in [0.2, 0.25) is 0 Å². The fourth-order valence-electron chi connectivity index (χ4n) is 6.36. The number of alkyl halides is 3. The van der Waals surface area contributed by atoms with Crippen molar-refractivity contribution in [3.8, 4) is 0 Å². The molecule has 0 unspecified atom stereocenters. The molecule has 0 aromatic heterocycles. The number of Topliss-reactive ketones (excluding diaryl/α,β-unsaturated/α-hetero) is 2. The van der Waals surface area contributed by atoms with Gasteiger partial charge >= 0.3 is 12.1 Å². The van der Waals surface area contributed by atoms with Gasteiger partial charge in [-0.1, -0.05) is 45.9 Å². The van der Waals surface area contributed by atoms with Gasteiger partial charge in [0.05, 0.1) is 18.2 Å². The van der Waals surface area contributed by atoms with Gasteiger partial charge in [-0.05, 0) is 59.6 Å². The lowest BCUT2D eigenvalue weighted by Crippen LogP contribution is -2.44. The van der Waals surface area contributed by atoms with Crippen LogP contribution in [-0.2, 0) is 20.5 Å². The first-order valence-corrected chi connectivity index (χ1v) is 13.3. The van der Waals surface area contributed by atoms with E-state index in [-0.39, 0.29) is 30.1 Å². The van der Waals surface area contributed by atoms with E-state index in [9.17, 15) is 27.6 Å². The number of carbonyl (C=O) groups excluding carboxylic acids is 3. The maximum Gasteiger partial charge on any atom is 0.416 e. The average Bonchev–Trinajstić information content (AvgIpc) is 2.85. The molecular weight excluding hydrogens is 519 g/mol. The molecule has 2 aliphatic carbocycles. The van der Waals surface area contributed by atoms with Crippen LogP contribution in [0.15, 0.2) is 71.1 Å². The summed E-state index contributed by atoms with van der Waals surface area (Å²) in [5.41, 5.74) is 1.79. The molecule has 1 heterocycles. The Morgan fingerprint density at radius 3 is 1.85 bits per heavy atom. The summed E-state index contributed by atoms with van der Waals surface area (Å²) >= 11 is 0. The molecule has 0 spiro atoms. The van der Waals surface area contributed by atoms with E-state index < -0.39 is 34.5 Å². The van der Waals surface area contributed by atoms with Crippen LogP contribution in [0.2, 0.25) is 0 Å². The van der Waals surface area contributed by atoms with E-state index in [2.05, 4.69) is 0 Å². The van der Waals surface area contributed by atoms with E-state index in [1.54, 1.807) is 35.2 Å². The zero-order chi connectivity index (χ0) is 29.2. The van der Waals surface area contributed by atoms with Crippen molar-refractivity contribution in [3.05, 3.63) is 87.8 Å². The second kappa shape index (κ2) is 9.46. The highest BCUT2D eigenvalue weighted by atomic mass is 19.4. The Morgan fingerprint density at radius 1 is 0.850 bits per heavy atom. The molecule has 0 fully saturated rings. The second-order valence-electron chi connectivity index (χ2n) is 12.5. The number of rotatable bonds is 3. The first kappa shape index (κ1) is 27.9. The number of ketones is 2. The van der Waals surface area contributed by atoms with Crippen LogP contribution in [-0.4, -0.2) is 24.6 Å². The topological polar surface area (TPSA) is 63.7 Å². The molecule has 0 radical (unpaired) electrons. The van der Waals surface area contributed by atoms with Crippen LogP contribution in [0.1, 0.15) is 80.8 Å². The molecule has 210 valence electrons. The van der Waals surface area contributed by atoms with Crippen molar-refractivity contribution in [1.29, 1.82) is 0 Å². The molecule has 0 N–H and O–H groups in total. The third-order valence-electron chi connectivity index (χ3n) is 8.01. The van der Waals surface area contributed by atoms with Gasteiger partial charge in [0.15, 0.2) is 11.6 Å². The number of nitrogens with zero attached hydrogens (tertiary/aromatic N) is 1. The quantitative estimate of drug-likeness (QED) is 0.373. The summed E-state index contributed by atoms with van der Waals surface area (Å²) in [5, 5.41) is 0. The number of methoxy groups -OCH3 is 1. The van der Waals surface area contributed by atoms with Gasteiger partial charge in [-0.25, -0.2) is 4.79 Å². The monoisotopic (exact) mass is 551 g/mol. The largest absolute Gasteiger partial charge is 0.465 e. The Balaban J connectivity index is 1.80. The highest BCUT2D eigenvalue weighted by Gasteiger charge is 2.49. The number of carbonyl (C=O) groups is 3. The molecule has 0 atom stereocenters. The van der Waals surface area contributed by atoms with E-state index in [0.29, 0.717) is 46.5 Å². The molecule has 0 bridgehead atoms. The molecule has 0 saturated carbocycles. The number of hydrogen-bond donors (Lipinski definition) is 0. The highest BCUT2D eigenvalue weighted by Crippen LogP contribution is 2.55. The normalized spacial score (nSPS) is 20.9. The van der Waals surface area contributed by atoms with Crippen LogP contribution >= 0.6 is 0 Å². The van der Waals surface area contributed by atoms with Gasteiger partial charge < -0.3 is 9.64 Å². The molecule has 8 heteroatoms. The number of ether oxygens (including phenoxy) is 1. The lowest BCUT2D eigenvalue weighted by Gasteiger charge is -2.49. The van der Waals surface area contributed by atoms with E-state index in [0.717, 1.165) is 12.1 Å². The maximum atomic E-state index is 13.9. The molecule has 2 aromatic carbocycles. The smallest absolute Gasteiger partial charge is 0.416 e. The average molecular weight is 552 g/mol. The van der Waals surface area contributed by atoms with Crippen LogP contribution in [0.5, 0.6) is 0 Å². The van der Waals surface area contributed by atoms with Crippen LogP contribution in [0, 0.1) is 10.8 Å². The van der Waals surface area contributed by atoms with Crippen molar-refractivity contribution in [2.24, 2.45) is 10.8 Å². The number of allylic oxidation sites excluding steroid dienone is 4. The molecule has 1 aliphatic heterocycles. The molecule has 0 saturated heterocycles. The van der Waals surface area contributed by atoms with Gasteiger partial charge in [0.25, 0.3) is 0 Å². The van der Waals surface area contributed by atoms with E-state index >= 15 is 0 Å². The summed E-state index contributed by atoms with van der Waals surface area (Å²) in [6, 6.07) is 11.8. The van der Waals surface area contributed by atoms with Crippen molar-refractivity contribution in [2.45, 2.75) is 65.5 Å². The first-order valence-electron chi connectivity index (χ1n) is 13.3. The number of hydrogen-bond acceptors (Lipinski definition) is 5. The summed E-state index contributed by atoms with van der Waals surface area (Å²) in [6.07, 6.45) is -3.14. The van der Waals surface area contributed by atoms with E-state index in [4.69, 9.17) is 4.74 Å². The van der Waals surface area contributed by atoms with Gasteiger partial charge in [0.1, 0.15) is 0 Å². The fourth-order valence-corrected chi connectivity index (χ4v) is 6.36. The SMILES string of the molecule is COC(=O)c1ccc(C2C3=C(CC(C)(C)CC3=O)N(c3cccc(C(F)(F)F)c3)C3=C2C(=O)CC(C)(C)C3)cc1. The number of benzene rings is 2. The Labute approximate surface area is 231 Å². The first-order chi connectivity index (χ1) is 18.6. The van der Waals surface area contributed by atoms with Crippen LogP contribution in [0.25, 0.3) is 0 Å². The molecule has 40 heavy (non-hydrogen) atoms. The van der Waals surface area contributed by atoms with Crippen molar-refractivity contribution >= 4 is 23.2 Å². The van der Waals surface area contributed by atoms with Crippen LogP contribution in [0.4, 0.5) is 18.9 Å². The minimum absolute atomic E-state index is 0.130. The van der Waals surface area contributed by atoms with Crippen molar-refractivity contribution in [1.82, 2.24) is 0 Å².